The number of aryl methyl sites for hydroxylation is 2. The molecular formula is C30H33N5O5S2. The standard InChI is InChI=1S/C30H33N5O5S2/c1-4-39-29(38)25-21-12-6-5-7-14-23(21)42-28(25)32-26(36)19(3)41-30-34-33-24(17-31-27(37)22-13-9-15-40-22)35(30)20-11-8-10-18(2)16-20/h8-11,13,15-16,19H,4-7,12,14,17H2,1-3H3,(H,31,37)(H,32,36). The van der Waals surface area contributed by atoms with Crippen molar-refractivity contribution in [2.24, 2.45) is 0 Å². The summed E-state index contributed by atoms with van der Waals surface area (Å²) in [7, 11) is 0. The zero-order valence-corrected chi connectivity index (χ0v) is 25.4. The fourth-order valence-electron chi connectivity index (χ4n) is 4.85. The van der Waals surface area contributed by atoms with E-state index in [9.17, 15) is 14.4 Å². The van der Waals surface area contributed by atoms with Crippen LogP contribution in [0.3, 0.4) is 0 Å². The fraction of sp³-hybridized carbons (Fsp3) is 0.367. The number of thiophene rings is 1. The van der Waals surface area contributed by atoms with Crippen molar-refractivity contribution in [1.82, 2.24) is 20.1 Å². The Labute approximate surface area is 252 Å². The quantitative estimate of drug-likeness (QED) is 0.133. The van der Waals surface area contributed by atoms with E-state index >= 15 is 0 Å². The summed E-state index contributed by atoms with van der Waals surface area (Å²) >= 11 is 2.72. The van der Waals surface area contributed by atoms with Gasteiger partial charge in [0, 0.05) is 10.6 Å². The van der Waals surface area contributed by atoms with Crippen molar-refractivity contribution in [3.8, 4) is 5.69 Å². The molecule has 2 N–H and O–H groups in total. The molecule has 12 heteroatoms. The maximum absolute atomic E-state index is 13.5. The number of ether oxygens (including phenoxy) is 1. The highest BCUT2D eigenvalue weighted by molar-refractivity contribution is 8.00. The summed E-state index contributed by atoms with van der Waals surface area (Å²) in [5.41, 5.74) is 3.34. The van der Waals surface area contributed by atoms with E-state index in [0.717, 1.165) is 53.8 Å². The van der Waals surface area contributed by atoms with Gasteiger partial charge in [-0.25, -0.2) is 4.79 Å². The fourth-order valence-corrected chi connectivity index (χ4v) is 7.01. The molecule has 1 aliphatic rings. The van der Waals surface area contributed by atoms with E-state index in [4.69, 9.17) is 9.15 Å². The summed E-state index contributed by atoms with van der Waals surface area (Å²) < 4.78 is 12.4. The van der Waals surface area contributed by atoms with Crippen LogP contribution in [0.15, 0.2) is 52.2 Å². The zero-order valence-electron chi connectivity index (χ0n) is 23.8. The van der Waals surface area contributed by atoms with Crippen LogP contribution < -0.4 is 10.6 Å². The third-order valence-electron chi connectivity index (χ3n) is 6.90. The van der Waals surface area contributed by atoms with Crippen molar-refractivity contribution < 1.29 is 23.5 Å². The van der Waals surface area contributed by atoms with Gasteiger partial charge in [-0.15, -0.1) is 21.5 Å². The number of esters is 1. The first-order valence-corrected chi connectivity index (χ1v) is 15.7. The number of thioether (sulfide) groups is 1. The number of carbonyl (C=O) groups excluding carboxylic acids is 3. The van der Waals surface area contributed by atoms with Gasteiger partial charge in [0.2, 0.25) is 5.91 Å². The van der Waals surface area contributed by atoms with Gasteiger partial charge in [0.05, 0.1) is 30.2 Å². The van der Waals surface area contributed by atoms with E-state index in [2.05, 4.69) is 20.8 Å². The van der Waals surface area contributed by atoms with Crippen molar-refractivity contribution in [1.29, 1.82) is 0 Å². The number of amides is 2. The maximum Gasteiger partial charge on any atom is 0.341 e. The SMILES string of the molecule is CCOC(=O)c1c(NC(=O)C(C)Sc2nnc(CNC(=O)c3ccco3)n2-c2cccc(C)c2)sc2c1CCCCC2. The van der Waals surface area contributed by atoms with Gasteiger partial charge in [-0.2, -0.15) is 0 Å². The molecule has 0 fully saturated rings. The highest BCUT2D eigenvalue weighted by atomic mass is 32.2. The lowest BCUT2D eigenvalue weighted by Crippen LogP contribution is -2.25. The topological polar surface area (TPSA) is 128 Å². The Morgan fingerprint density at radius 1 is 1.14 bits per heavy atom. The number of rotatable bonds is 10. The Bertz CT molecular complexity index is 1580. The lowest BCUT2D eigenvalue weighted by molar-refractivity contribution is -0.115. The summed E-state index contributed by atoms with van der Waals surface area (Å²) in [5.74, 6) is -0.319. The highest BCUT2D eigenvalue weighted by Gasteiger charge is 2.29. The van der Waals surface area contributed by atoms with Crippen LogP contribution in [0.5, 0.6) is 0 Å². The van der Waals surface area contributed by atoms with E-state index in [1.807, 2.05) is 35.8 Å². The Kier molecular flexibility index (Phi) is 9.43. The molecule has 0 saturated heterocycles. The molecule has 1 aliphatic carbocycles. The lowest BCUT2D eigenvalue weighted by Gasteiger charge is -2.15. The molecule has 4 aromatic rings. The minimum Gasteiger partial charge on any atom is -0.462 e. The summed E-state index contributed by atoms with van der Waals surface area (Å²) in [6.45, 7) is 5.92. The third kappa shape index (κ3) is 6.60. The number of hydrogen-bond acceptors (Lipinski definition) is 9. The summed E-state index contributed by atoms with van der Waals surface area (Å²) in [5, 5.41) is 15.0. The number of benzene rings is 1. The lowest BCUT2D eigenvalue weighted by atomic mass is 10.1. The molecular weight excluding hydrogens is 574 g/mol. The predicted molar refractivity (Wildman–Crippen MR) is 161 cm³/mol. The van der Waals surface area contributed by atoms with Gasteiger partial charge in [-0.1, -0.05) is 30.3 Å². The first kappa shape index (κ1) is 29.6. The Morgan fingerprint density at radius 2 is 1.98 bits per heavy atom. The minimum atomic E-state index is -0.569. The van der Waals surface area contributed by atoms with Crippen molar-refractivity contribution >= 4 is 45.9 Å². The molecule has 220 valence electrons. The second-order valence-electron chi connectivity index (χ2n) is 9.97. The number of nitrogens with one attached hydrogen (secondary N) is 2. The van der Waals surface area contributed by atoms with Crippen molar-refractivity contribution in [3.63, 3.8) is 0 Å². The van der Waals surface area contributed by atoms with Crippen LogP contribution in [-0.2, 0) is 28.9 Å². The van der Waals surface area contributed by atoms with Crippen molar-refractivity contribution in [2.75, 3.05) is 11.9 Å². The van der Waals surface area contributed by atoms with E-state index in [0.29, 0.717) is 21.5 Å². The number of anilines is 1. The van der Waals surface area contributed by atoms with E-state index < -0.39 is 11.2 Å². The van der Waals surface area contributed by atoms with Gasteiger partial charge in [-0.05, 0) is 81.8 Å². The average Bonchev–Trinajstić information content (AvgIpc) is 3.68. The Morgan fingerprint density at radius 3 is 2.74 bits per heavy atom. The van der Waals surface area contributed by atoms with Crippen LogP contribution >= 0.6 is 23.1 Å². The highest BCUT2D eigenvalue weighted by Crippen LogP contribution is 2.38. The first-order chi connectivity index (χ1) is 20.4. The van der Waals surface area contributed by atoms with Crippen LogP contribution in [0.4, 0.5) is 5.00 Å². The monoisotopic (exact) mass is 607 g/mol. The number of nitrogens with zero attached hydrogens (tertiary/aromatic N) is 3. The largest absolute Gasteiger partial charge is 0.462 e. The Hall–Kier alpha value is -3.90. The molecule has 3 heterocycles. The normalized spacial score (nSPS) is 13.6. The maximum atomic E-state index is 13.5. The van der Waals surface area contributed by atoms with E-state index in [1.165, 1.54) is 29.4 Å². The summed E-state index contributed by atoms with van der Waals surface area (Å²) in [6.07, 6.45) is 6.33. The molecule has 0 aliphatic heterocycles. The van der Waals surface area contributed by atoms with E-state index in [-0.39, 0.29) is 30.7 Å². The molecule has 0 saturated carbocycles. The second kappa shape index (κ2) is 13.4. The van der Waals surface area contributed by atoms with Gasteiger partial charge in [-0.3, -0.25) is 14.2 Å². The smallest absolute Gasteiger partial charge is 0.341 e. The van der Waals surface area contributed by atoms with Crippen LogP contribution in [0.2, 0.25) is 0 Å². The first-order valence-electron chi connectivity index (χ1n) is 14.0. The molecule has 0 spiro atoms. The molecule has 1 aromatic carbocycles. The third-order valence-corrected chi connectivity index (χ3v) is 9.15. The van der Waals surface area contributed by atoms with Crippen LogP contribution in [0, 0.1) is 6.92 Å². The number of furan rings is 1. The molecule has 42 heavy (non-hydrogen) atoms. The summed E-state index contributed by atoms with van der Waals surface area (Å²) in [6, 6.07) is 11.1. The number of aromatic nitrogens is 3. The Balaban J connectivity index is 1.37. The average molecular weight is 608 g/mol. The van der Waals surface area contributed by atoms with Gasteiger partial charge in [0.25, 0.3) is 5.91 Å². The van der Waals surface area contributed by atoms with Crippen molar-refractivity contribution in [3.05, 3.63) is 75.8 Å². The van der Waals surface area contributed by atoms with Crippen LogP contribution in [0.1, 0.15) is 75.9 Å². The number of carbonyl (C=O) groups is 3. The molecule has 10 nitrogen and oxygen atoms in total. The number of fused-ring (bicyclic) bond motifs is 1. The molecule has 3 aromatic heterocycles. The second-order valence-corrected chi connectivity index (χ2v) is 12.4. The van der Waals surface area contributed by atoms with Gasteiger partial charge < -0.3 is 19.8 Å². The van der Waals surface area contributed by atoms with Crippen LogP contribution in [-0.4, -0.2) is 44.4 Å². The molecule has 2 amide bonds. The van der Waals surface area contributed by atoms with Crippen molar-refractivity contribution in [2.45, 2.75) is 69.8 Å². The predicted octanol–water partition coefficient (Wildman–Crippen LogP) is 5.73. The van der Waals surface area contributed by atoms with Gasteiger partial charge in [0.15, 0.2) is 16.7 Å². The van der Waals surface area contributed by atoms with Gasteiger partial charge in [0.1, 0.15) is 5.00 Å². The molecule has 5 rings (SSSR count). The zero-order chi connectivity index (χ0) is 29.6. The summed E-state index contributed by atoms with van der Waals surface area (Å²) in [4.78, 5) is 40.1. The number of hydrogen-bond donors (Lipinski definition) is 2. The van der Waals surface area contributed by atoms with Gasteiger partial charge >= 0.3 is 5.97 Å². The minimum absolute atomic E-state index is 0.102. The molecule has 0 bridgehead atoms. The molecule has 1 unspecified atom stereocenters. The van der Waals surface area contributed by atoms with Crippen LogP contribution in [0.25, 0.3) is 5.69 Å². The molecule has 1 atom stereocenters. The van der Waals surface area contributed by atoms with E-state index in [1.54, 1.807) is 26.0 Å². The molecule has 0 radical (unpaired) electrons.